The van der Waals surface area contributed by atoms with E-state index in [1.54, 1.807) is 18.2 Å². The lowest BCUT2D eigenvalue weighted by Crippen LogP contribution is -3.11. The fraction of sp³-hybridized carbons (Fsp3) is 0.273. The standard InChI is InChI=1S/C22H23FN4OS/c1-2-12-26-21(15-28-20-9-7-19(23)8-10-20)24-27(22(26)29)16-25-13-11-17-5-3-4-6-18(17)14-25/h2-10H,1,11-16H2/p+1. The molecule has 0 radical (unpaired) electrons. The number of hydrogen-bond donors (Lipinski definition) is 1. The van der Waals surface area contributed by atoms with Crippen LogP contribution in [0.15, 0.2) is 61.2 Å². The first-order chi connectivity index (χ1) is 14.1. The zero-order valence-corrected chi connectivity index (χ0v) is 17.0. The number of nitrogens with zero attached hydrogens (tertiary/aromatic N) is 3. The van der Waals surface area contributed by atoms with E-state index in [-0.39, 0.29) is 12.4 Å². The number of fused-ring (bicyclic) bond motifs is 1. The van der Waals surface area contributed by atoms with Gasteiger partial charge in [-0.15, -0.1) is 11.7 Å². The number of rotatable bonds is 7. The monoisotopic (exact) mass is 411 g/mol. The third kappa shape index (κ3) is 4.46. The van der Waals surface area contributed by atoms with E-state index in [0.717, 1.165) is 25.3 Å². The molecular weight excluding hydrogens is 387 g/mol. The Morgan fingerprint density at radius 1 is 1.17 bits per heavy atom. The van der Waals surface area contributed by atoms with Crippen molar-refractivity contribution < 1.29 is 14.0 Å². The molecule has 0 aliphatic carbocycles. The summed E-state index contributed by atoms with van der Waals surface area (Å²) in [4.78, 5) is 1.43. The predicted octanol–water partition coefficient (Wildman–Crippen LogP) is 2.92. The van der Waals surface area contributed by atoms with Crippen molar-refractivity contribution in [2.45, 2.75) is 32.8 Å². The van der Waals surface area contributed by atoms with Crippen molar-refractivity contribution in [3.63, 3.8) is 0 Å². The van der Waals surface area contributed by atoms with Gasteiger partial charge >= 0.3 is 0 Å². The van der Waals surface area contributed by atoms with Gasteiger partial charge in [0.2, 0.25) is 4.77 Å². The smallest absolute Gasteiger partial charge is 0.203 e. The van der Waals surface area contributed by atoms with E-state index in [4.69, 9.17) is 22.1 Å². The summed E-state index contributed by atoms with van der Waals surface area (Å²) in [5.41, 5.74) is 2.83. The highest BCUT2D eigenvalue weighted by molar-refractivity contribution is 7.71. The van der Waals surface area contributed by atoms with Crippen molar-refractivity contribution in [3.05, 3.63) is 88.7 Å². The van der Waals surface area contributed by atoms with Crippen molar-refractivity contribution in [2.24, 2.45) is 0 Å². The maximum absolute atomic E-state index is 13.1. The Morgan fingerprint density at radius 2 is 1.93 bits per heavy atom. The molecule has 7 heteroatoms. The van der Waals surface area contributed by atoms with Crippen LogP contribution in [0.25, 0.3) is 0 Å². The lowest BCUT2D eigenvalue weighted by molar-refractivity contribution is -0.939. The van der Waals surface area contributed by atoms with Crippen molar-refractivity contribution in [3.8, 4) is 5.75 Å². The number of benzene rings is 2. The molecule has 1 aromatic heterocycles. The van der Waals surface area contributed by atoms with Crippen LogP contribution in [0.1, 0.15) is 17.0 Å². The van der Waals surface area contributed by atoms with Crippen molar-refractivity contribution >= 4 is 12.2 Å². The molecule has 29 heavy (non-hydrogen) atoms. The molecule has 1 aliphatic heterocycles. The van der Waals surface area contributed by atoms with Gasteiger partial charge in [-0.2, -0.15) is 4.68 Å². The van der Waals surface area contributed by atoms with Gasteiger partial charge in [-0.3, -0.25) is 4.57 Å². The molecule has 150 valence electrons. The Bertz CT molecular complexity index is 1060. The van der Waals surface area contributed by atoms with Crippen molar-refractivity contribution in [1.29, 1.82) is 0 Å². The fourth-order valence-corrected chi connectivity index (χ4v) is 3.96. The highest BCUT2D eigenvalue weighted by atomic mass is 32.1. The van der Waals surface area contributed by atoms with Gasteiger partial charge in [-0.25, -0.2) is 4.39 Å². The number of ether oxygens (including phenoxy) is 1. The van der Waals surface area contributed by atoms with Gasteiger partial charge in [0.15, 0.2) is 12.5 Å². The van der Waals surface area contributed by atoms with Crippen LogP contribution in [0.3, 0.4) is 0 Å². The number of aromatic nitrogens is 3. The summed E-state index contributed by atoms with van der Waals surface area (Å²) >= 11 is 5.67. The molecule has 0 saturated heterocycles. The van der Waals surface area contributed by atoms with Crippen LogP contribution in [0.2, 0.25) is 0 Å². The Labute approximate surface area is 174 Å². The molecule has 1 aliphatic rings. The topological polar surface area (TPSA) is 36.4 Å². The SMILES string of the molecule is C=CCn1c(COc2ccc(F)cc2)nn(C[NH+]2CCc3ccccc3C2)c1=S. The molecule has 0 fully saturated rings. The minimum atomic E-state index is -0.290. The molecule has 2 heterocycles. The highest BCUT2D eigenvalue weighted by Gasteiger charge is 2.21. The first kappa shape index (κ1) is 19.5. The Hall–Kier alpha value is -2.77. The molecule has 2 aromatic carbocycles. The van der Waals surface area contributed by atoms with Crippen LogP contribution in [0, 0.1) is 10.6 Å². The van der Waals surface area contributed by atoms with Crippen molar-refractivity contribution in [2.75, 3.05) is 6.54 Å². The molecule has 0 spiro atoms. The van der Waals surface area contributed by atoms with Crippen molar-refractivity contribution in [1.82, 2.24) is 14.3 Å². The minimum absolute atomic E-state index is 0.258. The average molecular weight is 412 g/mol. The summed E-state index contributed by atoms with van der Waals surface area (Å²) in [6.07, 6.45) is 2.86. The van der Waals surface area contributed by atoms with E-state index in [9.17, 15) is 4.39 Å². The zero-order valence-electron chi connectivity index (χ0n) is 16.2. The Morgan fingerprint density at radius 3 is 2.69 bits per heavy atom. The first-order valence-corrected chi connectivity index (χ1v) is 10.1. The molecule has 0 saturated carbocycles. The van der Waals surface area contributed by atoms with E-state index in [0.29, 0.717) is 23.7 Å². The second-order valence-corrected chi connectivity index (χ2v) is 7.56. The normalized spacial score (nSPS) is 15.7. The zero-order chi connectivity index (χ0) is 20.2. The largest absolute Gasteiger partial charge is 0.486 e. The van der Waals surface area contributed by atoms with Crippen LogP contribution in [0.4, 0.5) is 4.39 Å². The molecular formula is C22H24FN4OS+. The van der Waals surface area contributed by atoms with E-state index in [1.165, 1.54) is 28.2 Å². The summed E-state index contributed by atoms with van der Waals surface area (Å²) in [5, 5.41) is 4.72. The van der Waals surface area contributed by atoms with Gasteiger partial charge in [0.25, 0.3) is 0 Å². The summed E-state index contributed by atoms with van der Waals surface area (Å²) in [6.45, 7) is 7.38. The second kappa shape index (κ2) is 8.71. The second-order valence-electron chi connectivity index (χ2n) is 7.19. The molecule has 0 amide bonds. The third-order valence-corrected chi connectivity index (χ3v) is 5.60. The number of allylic oxidation sites excluding steroid dienone is 1. The van der Waals surface area contributed by atoms with Gasteiger partial charge in [-0.05, 0) is 42.0 Å². The molecule has 1 N–H and O–H groups in total. The first-order valence-electron chi connectivity index (χ1n) is 9.70. The lowest BCUT2D eigenvalue weighted by Gasteiger charge is -2.25. The van der Waals surface area contributed by atoms with E-state index >= 15 is 0 Å². The van der Waals surface area contributed by atoms with Crippen LogP contribution >= 0.6 is 12.2 Å². The maximum atomic E-state index is 13.1. The summed E-state index contributed by atoms with van der Waals surface area (Å²) in [5.74, 6) is 1.04. The summed E-state index contributed by atoms with van der Waals surface area (Å²) in [6, 6.07) is 14.6. The van der Waals surface area contributed by atoms with Crippen LogP contribution in [0.5, 0.6) is 5.75 Å². The molecule has 1 atom stereocenters. The fourth-order valence-electron chi connectivity index (χ4n) is 3.68. The van der Waals surface area contributed by atoms with Crippen LogP contribution < -0.4 is 9.64 Å². The number of hydrogen-bond acceptors (Lipinski definition) is 3. The van der Waals surface area contributed by atoms with Gasteiger partial charge in [-0.1, -0.05) is 30.3 Å². The van der Waals surface area contributed by atoms with E-state index in [2.05, 4.69) is 30.8 Å². The molecule has 5 nitrogen and oxygen atoms in total. The van der Waals surface area contributed by atoms with Crippen LogP contribution in [-0.2, 0) is 32.8 Å². The minimum Gasteiger partial charge on any atom is -0.486 e. The molecule has 0 bridgehead atoms. The van der Waals surface area contributed by atoms with Gasteiger partial charge in [0, 0.05) is 18.5 Å². The molecule has 1 unspecified atom stereocenters. The van der Waals surface area contributed by atoms with Crippen LogP contribution in [-0.4, -0.2) is 20.9 Å². The Kier molecular flexibility index (Phi) is 5.87. The maximum Gasteiger partial charge on any atom is 0.203 e. The number of nitrogens with one attached hydrogen (secondary N) is 1. The van der Waals surface area contributed by atoms with E-state index in [1.807, 2.05) is 9.25 Å². The highest BCUT2D eigenvalue weighted by Crippen LogP contribution is 2.14. The molecule has 3 aromatic rings. The van der Waals surface area contributed by atoms with Gasteiger partial charge in [0.1, 0.15) is 24.7 Å². The third-order valence-electron chi connectivity index (χ3n) is 5.17. The van der Waals surface area contributed by atoms with Gasteiger partial charge < -0.3 is 9.64 Å². The Balaban J connectivity index is 1.50. The van der Waals surface area contributed by atoms with Gasteiger partial charge in [0.05, 0.1) is 6.54 Å². The van der Waals surface area contributed by atoms with E-state index < -0.39 is 0 Å². The number of halogens is 1. The average Bonchev–Trinajstić information content (AvgIpc) is 3.03. The molecule has 4 rings (SSSR count). The summed E-state index contributed by atoms with van der Waals surface area (Å²) in [7, 11) is 0. The predicted molar refractivity (Wildman–Crippen MR) is 112 cm³/mol. The number of quaternary nitrogens is 1. The summed E-state index contributed by atoms with van der Waals surface area (Å²) < 4.78 is 23.3. The lowest BCUT2D eigenvalue weighted by atomic mass is 10.0. The quantitative estimate of drug-likeness (QED) is 0.480.